The van der Waals surface area contributed by atoms with Gasteiger partial charge in [-0.05, 0) is 36.8 Å². The molecule has 2 aromatic rings. The van der Waals surface area contributed by atoms with Gasteiger partial charge in [-0.25, -0.2) is 8.78 Å². The van der Waals surface area contributed by atoms with Crippen molar-refractivity contribution in [3.8, 4) is 0 Å². The lowest BCUT2D eigenvalue weighted by Crippen LogP contribution is -2.26. The molecular formula is C15H12BrF2NO. The van der Waals surface area contributed by atoms with Gasteiger partial charge in [0.15, 0.2) is 0 Å². The minimum atomic E-state index is -0.773. The van der Waals surface area contributed by atoms with Crippen molar-refractivity contribution in [1.82, 2.24) is 5.32 Å². The summed E-state index contributed by atoms with van der Waals surface area (Å²) in [5, 5.41) is 2.70. The Kier molecular flexibility index (Phi) is 4.49. The molecule has 0 bridgehead atoms. The highest BCUT2D eigenvalue weighted by Gasteiger charge is 2.13. The normalized spacial score (nSPS) is 12.0. The summed E-state index contributed by atoms with van der Waals surface area (Å²) in [6, 6.07) is 9.93. The average molecular weight is 340 g/mol. The average Bonchev–Trinajstić information content (AvgIpc) is 2.37. The largest absolute Gasteiger partial charge is 0.346 e. The predicted molar refractivity (Wildman–Crippen MR) is 76.4 cm³/mol. The van der Waals surface area contributed by atoms with Crippen molar-refractivity contribution in [2.24, 2.45) is 0 Å². The van der Waals surface area contributed by atoms with Gasteiger partial charge in [-0.1, -0.05) is 28.1 Å². The molecule has 0 aliphatic rings. The minimum absolute atomic E-state index is 0.0376. The molecule has 2 rings (SSSR count). The lowest BCUT2D eigenvalue weighted by atomic mass is 10.1. The van der Waals surface area contributed by atoms with Crippen LogP contribution >= 0.6 is 15.9 Å². The number of carbonyl (C=O) groups excluding carboxylic acids is 1. The third kappa shape index (κ3) is 3.63. The van der Waals surface area contributed by atoms with Crippen molar-refractivity contribution in [3.63, 3.8) is 0 Å². The van der Waals surface area contributed by atoms with Crippen LogP contribution in [0.15, 0.2) is 46.9 Å². The topological polar surface area (TPSA) is 29.1 Å². The lowest BCUT2D eigenvalue weighted by Gasteiger charge is -2.14. The van der Waals surface area contributed by atoms with Gasteiger partial charge in [0.2, 0.25) is 0 Å². The lowest BCUT2D eigenvalue weighted by molar-refractivity contribution is 0.0939. The Morgan fingerprint density at radius 1 is 1.15 bits per heavy atom. The van der Waals surface area contributed by atoms with Gasteiger partial charge < -0.3 is 5.32 Å². The zero-order valence-electron chi connectivity index (χ0n) is 10.7. The number of halogens is 3. The van der Waals surface area contributed by atoms with Crippen LogP contribution < -0.4 is 5.32 Å². The van der Waals surface area contributed by atoms with Gasteiger partial charge in [-0.3, -0.25) is 4.79 Å². The van der Waals surface area contributed by atoms with Gasteiger partial charge >= 0.3 is 0 Å². The van der Waals surface area contributed by atoms with Gasteiger partial charge in [0.05, 0.1) is 6.04 Å². The maximum absolute atomic E-state index is 13.1. The minimum Gasteiger partial charge on any atom is -0.346 e. The van der Waals surface area contributed by atoms with Crippen LogP contribution in [-0.2, 0) is 0 Å². The van der Waals surface area contributed by atoms with E-state index in [0.29, 0.717) is 0 Å². The molecule has 1 N–H and O–H groups in total. The molecule has 0 radical (unpaired) electrons. The molecule has 0 aliphatic carbocycles. The first-order valence-corrected chi connectivity index (χ1v) is 6.77. The van der Waals surface area contributed by atoms with Crippen molar-refractivity contribution in [3.05, 3.63) is 69.7 Å². The predicted octanol–water partition coefficient (Wildman–Crippen LogP) is 4.22. The van der Waals surface area contributed by atoms with Crippen LogP contribution in [0.2, 0.25) is 0 Å². The highest BCUT2D eigenvalue weighted by atomic mass is 79.9. The fraction of sp³-hybridized carbons (Fsp3) is 0.133. The zero-order valence-corrected chi connectivity index (χ0v) is 12.2. The van der Waals surface area contributed by atoms with Crippen molar-refractivity contribution in [2.45, 2.75) is 13.0 Å². The Morgan fingerprint density at radius 2 is 1.80 bits per heavy atom. The first-order chi connectivity index (χ1) is 9.45. The molecule has 0 heterocycles. The van der Waals surface area contributed by atoms with E-state index < -0.39 is 17.5 Å². The zero-order chi connectivity index (χ0) is 14.7. The number of hydrogen-bond donors (Lipinski definition) is 1. The number of rotatable bonds is 3. The van der Waals surface area contributed by atoms with Crippen molar-refractivity contribution >= 4 is 21.8 Å². The van der Waals surface area contributed by atoms with Crippen molar-refractivity contribution in [1.29, 1.82) is 0 Å². The Bertz CT molecular complexity index is 625. The summed E-state index contributed by atoms with van der Waals surface area (Å²) in [6.45, 7) is 1.80. The maximum atomic E-state index is 13.1. The summed E-state index contributed by atoms with van der Waals surface area (Å²) in [7, 11) is 0. The van der Waals surface area contributed by atoms with E-state index in [2.05, 4.69) is 21.2 Å². The molecule has 20 heavy (non-hydrogen) atoms. The molecule has 0 saturated heterocycles. The second-order valence-corrected chi connectivity index (χ2v) is 5.32. The van der Waals surface area contributed by atoms with Gasteiger partial charge in [-0.2, -0.15) is 0 Å². The maximum Gasteiger partial charge on any atom is 0.251 e. The first kappa shape index (κ1) is 14.7. The molecule has 1 atom stereocenters. The van der Waals surface area contributed by atoms with E-state index in [9.17, 15) is 13.6 Å². The van der Waals surface area contributed by atoms with Crippen LogP contribution in [0.3, 0.4) is 0 Å². The van der Waals surface area contributed by atoms with Crippen LogP contribution in [0.4, 0.5) is 8.78 Å². The molecule has 0 unspecified atom stereocenters. The quantitative estimate of drug-likeness (QED) is 0.891. The van der Waals surface area contributed by atoms with Gasteiger partial charge in [0, 0.05) is 16.1 Å². The highest BCUT2D eigenvalue weighted by molar-refractivity contribution is 9.10. The molecular weight excluding hydrogens is 328 g/mol. The van der Waals surface area contributed by atoms with E-state index in [4.69, 9.17) is 0 Å². The number of carbonyl (C=O) groups is 1. The molecule has 104 valence electrons. The number of amides is 1. The molecule has 0 aromatic heterocycles. The SMILES string of the molecule is C[C@H](NC(=O)c1cc(F)cc(F)c1)c1cccc(Br)c1. The summed E-state index contributed by atoms with van der Waals surface area (Å²) in [4.78, 5) is 12.0. The number of benzene rings is 2. The summed E-state index contributed by atoms with van der Waals surface area (Å²) in [5.41, 5.74) is 0.856. The van der Waals surface area contributed by atoms with Crippen LogP contribution in [0.5, 0.6) is 0 Å². The van der Waals surface area contributed by atoms with Crippen LogP contribution in [0, 0.1) is 11.6 Å². The summed E-state index contributed by atoms with van der Waals surface area (Å²) < 4.78 is 27.0. The molecule has 1 amide bonds. The highest BCUT2D eigenvalue weighted by Crippen LogP contribution is 2.18. The van der Waals surface area contributed by atoms with Crippen LogP contribution in [-0.4, -0.2) is 5.91 Å². The smallest absolute Gasteiger partial charge is 0.251 e. The summed E-state index contributed by atoms with van der Waals surface area (Å²) >= 11 is 3.35. The third-order valence-corrected chi connectivity index (χ3v) is 3.31. The van der Waals surface area contributed by atoms with E-state index in [1.165, 1.54) is 0 Å². The van der Waals surface area contributed by atoms with E-state index in [0.717, 1.165) is 28.2 Å². The molecule has 0 saturated carbocycles. The van der Waals surface area contributed by atoms with Crippen molar-refractivity contribution < 1.29 is 13.6 Å². The first-order valence-electron chi connectivity index (χ1n) is 5.98. The van der Waals surface area contributed by atoms with E-state index in [1.807, 2.05) is 24.3 Å². The van der Waals surface area contributed by atoms with Crippen LogP contribution in [0.25, 0.3) is 0 Å². The summed E-state index contributed by atoms with van der Waals surface area (Å²) in [6.07, 6.45) is 0. The van der Waals surface area contributed by atoms with E-state index in [1.54, 1.807) is 6.92 Å². The Hall–Kier alpha value is -1.75. The molecule has 2 aromatic carbocycles. The second kappa shape index (κ2) is 6.13. The van der Waals surface area contributed by atoms with Crippen molar-refractivity contribution in [2.75, 3.05) is 0 Å². The summed E-state index contributed by atoms with van der Waals surface area (Å²) in [5.74, 6) is -2.06. The van der Waals surface area contributed by atoms with Gasteiger partial charge in [0.1, 0.15) is 11.6 Å². The third-order valence-electron chi connectivity index (χ3n) is 2.82. The standard InChI is InChI=1S/C15H12BrF2NO/c1-9(10-3-2-4-12(16)5-10)19-15(20)11-6-13(17)8-14(18)7-11/h2-9H,1H3,(H,19,20)/t9-/m0/s1. The molecule has 5 heteroatoms. The van der Waals surface area contributed by atoms with Gasteiger partial charge in [0.25, 0.3) is 5.91 Å². The fourth-order valence-corrected chi connectivity index (χ4v) is 2.24. The Morgan fingerprint density at radius 3 is 2.40 bits per heavy atom. The molecule has 2 nitrogen and oxygen atoms in total. The molecule has 0 spiro atoms. The van der Waals surface area contributed by atoms with Crippen LogP contribution in [0.1, 0.15) is 28.9 Å². The number of nitrogens with one attached hydrogen (secondary N) is 1. The van der Waals surface area contributed by atoms with E-state index in [-0.39, 0.29) is 11.6 Å². The second-order valence-electron chi connectivity index (χ2n) is 4.41. The fourth-order valence-electron chi connectivity index (χ4n) is 1.82. The Labute approximate surface area is 123 Å². The Balaban J connectivity index is 2.15. The van der Waals surface area contributed by atoms with E-state index >= 15 is 0 Å². The monoisotopic (exact) mass is 339 g/mol. The molecule has 0 fully saturated rings. The molecule has 0 aliphatic heterocycles. The van der Waals surface area contributed by atoms with Gasteiger partial charge in [-0.15, -0.1) is 0 Å². The number of hydrogen-bond acceptors (Lipinski definition) is 1.